The van der Waals surface area contributed by atoms with Gasteiger partial charge in [-0.25, -0.2) is 0 Å². The van der Waals surface area contributed by atoms with Gasteiger partial charge in [0.25, 0.3) is 0 Å². The van der Waals surface area contributed by atoms with E-state index in [1.54, 1.807) is 0 Å². The third-order valence-electron chi connectivity index (χ3n) is 0. The molecule has 4 N–H and O–H groups in total. The molecule has 0 fully saturated rings. The first-order valence-corrected chi connectivity index (χ1v) is 2.91. The zero-order valence-electron chi connectivity index (χ0n) is 4.20. The number of rotatable bonds is 0. The van der Waals surface area contributed by atoms with Gasteiger partial charge in [0.2, 0.25) is 0 Å². The smallest absolute Gasteiger partial charge is 0.197 e. The van der Waals surface area contributed by atoms with Crippen LogP contribution in [-0.4, -0.2) is 13.6 Å². The van der Waals surface area contributed by atoms with E-state index in [9.17, 15) is 0 Å². The highest BCUT2D eigenvalue weighted by Gasteiger charge is 1.53. The van der Waals surface area contributed by atoms with Gasteiger partial charge in [-0.1, -0.05) is 0 Å². The molecule has 0 amide bonds. The summed E-state index contributed by atoms with van der Waals surface area (Å²) in [6.07, 6.45) is 0. The average Bonchev–Trinajstić information content (AvgIpc) is 1.71. The van der Waals surface area contributed by atoms with E-state index in [0.29, 0.717) is 0 Å². The molecule has 9 heavy (non-hydrogen) atoms. The van der Waals surface area contributed by atoms with Gasteiger partial charge < -0.3 is 11.5 Å². The van der Waals surface area contributed by atoms with E-state index >= 15 is 0 Å². The van der Waals surface area contributed by atoms with Crippen LogP contribution in [0.3, 0.4) is 0 Å². The summed E-state index contributed by atoms with van der Waals surface area (Å²) in [5, 5.41) is 0.000000000000000222. The molecule has 0 rings (SSSR count). The van der Waals surface area contributed by atoms with Gasteiger partial charge in [-0.3, -0.25) is 0 Å². The predicted octanol–water partition coefficient (Wildman–Crippen LogP) is -0.129. The maximum absolute atomic E-state index is 7.83. The van der Waals surface area contributed by atoms with Crippen molar-refractivity contribution >= 4 is 58.6 Å². The van der Waals surface area contributed by atoms with Gasteiger partial charge in [-0.15, -0.1) is 0 Å². The lowest BCUT2D eigenvalue weighted by molar-refractivity contribution is 0.702. The molecule has 0 saturated carbocycles. The molecule has 0 aromatic heterocycles. The zero-order chi connectivity index (χ0) is 8.28. The second-order valence-corrected chi connectivity index (χ2v) is 1.62. The summed E-state index contributed by atoms with van der Waals surface area (Å²) in [7, 11) is 0. The molecule has 0 aliphatic rings. The molecule has 0 spiro atoms. The van der Waals surface area contributed by atoms with Gasteiger partial charge in [0.05, 0.1) is 0 Å². The molecule has 0 aliphatic heterocycles. The highest BCUT2D eigenvalue weighted by molar-refractivity contribution is 7.93. The van der Waals surface area contributed by atoms with Crippen molar-refractivity contribution in [1.29, 1.82) is 0 Å². The van der Waals surface area contributed by atoms with Crippen LogP contribution in [0.15, 0.2) is 0 Å². The Morgan fingerprint density at radius 3 is 1.22 bits per heavy atom. The normalized spacial score (nSPS) is 4.00. The Hall–Kier alpha value is -0.0700. The minimum atomic E-state index is 0.000000000000000222. The summed E-state index contributed by atoms with van der Waals surface area (Å²) in [5.74, 6) is 0. The SMILES string of the molecule is NC(N)=S.O=S.S=C=S. The average molecular weight is 200 g/mol. The highest BCUT2D eigenvalue weighted by Crippen LogP contribution is 1.32. The molecule has 0 aromatic rings. The number of nitrogens with two attached hydrogens (primary N) is 2. The van der Waals surface area contributed by atoms with Crippen molar-refractivity contribution in [1.82, 2.24) is 0 Å². The molecule has 0 heterocycles. The summed E-state index contributed by atoms with van der Waals surface area (Å²) < 4.78 is 9.75. The van der Waals surface area contributed by atoms with Gasteiger partial charge in [0.15, 0.2) is 17.6 Å². The molecule has 52 valence electrons. The van der Waals surface area contributed by atoms with Gasteiger partial charge in [-0.2, -0.15) is 4.21 Å². The summed E-state index contributed by atoms with van der Waals surface area (Å²) in [5.41, 5.74) is 9.24. The van der Waals surface area contributed by atoms with Crippen molar-refractivity contribution in [3.8, 4) is 0 Å². The van der Waals surface area contributed by atoms with Crippen molar-refractivity contribution in [2.24, 2.45) is 11.5 Å². The fourth-order valence-corrected chi connectivity index (χ4v) is 0. The van der Waals surface area contributed by atoms with Crippen molar-refractivity contribution < 1.29 is 4.21 Å². The van der Waals surface area contributed by atoms with E-state index < -0.39 is 0 Å². The first-order chi connectivity index (χ1) is 4.15. The Balaban J connectivity index is -0.0000000646. The summed E-state index contributed by atoms with van der Waals surface area (Å²) in [6, 6.07) is 0. The second kappa shape index (κ2) is 24.7. The van der Waals surface area contributed by atoms with Crippen LogP contribution in [0.5, 0.6) is 0 Å². The molecule has 7 heteroatoms. The van der Waals surface area contributed by atoms with Gasteiger partial charge >= 0.3 is 0 Å². The van der Waals surface area contributed by atoms with Crippen LogP contribution in [0.1, 0.15) is 0 Å². The molecule has 0 atom stereocenters. The molecule has 3 nitrogen and oxygen atoms in total. The maximum Gasteiger partial charge on any atom is 0.197 e. The Kier molecular flexibility index (Phi) is 43.8. The standard InChI is InChI=1S/CH4N2S.CS2.OS/c2-1(3)4;2-1-3;1-2/h(H4,2,3,4);;. The van der Waals surface area contributed by atoms with Crippen molar-refractivity contribution in [2.75, 3.05) is 0 Å². The fourth-order valence-electron chi connectivity index (χ4n) is 0. The van der Waals surface area contributed by atoms with Crippen LogP contribution in [0, 0.1) is 0 Å². The maximum atomic E-state index is 7.83. The van der Waals surface area contributed by atoms with Crippen molar-refractivity contribution in [3.05, 3.63) is 0 Å². The number of hydrogen-bond donors (Lipinski definition) is 2. The summed E-state index contributed by atoms with van der Waals surface area (Å²) in [6.45, 7) is 0. The number of hydrogen-bond acceptors (Lipinski definition) is 5. The molecule has 0 unspecified atom stereocenters. The predicted molar refractivity (Wildman–Crippen MR) is 49.3 cm³/mol. The molecule has 0 aromatic carbocycles. The molecule has 0 saturated heterocycles. The molecular weight excluding hydrogens is 196 g/mol. The van der Waals surface area contributed by atoms with Crippen LogP contribution < -0.4 is 11.5 Å². The van der Waals surface area contributed by atoms with Crippen LogP contribution in [0.4, 0.5) is 0 Å². The quantitative estimate of drug-likeness (QED) is 0.528. The van der Waals surface area contributed by atoms with Gasteiger partial charge in [-0.05, 0) is 36.7 Å². The fraction of sp³-hybridized carbons (Fsp3) is 0. The molecular formula is C2H4N2OS4. The Morgan fingerprint density at radius 1 is 1.22 bits per heavy atom. The van der Waals surface area contributed by atoms with E-state index in [-0.39, 0.29) is 5.11 Å². The van der Waals surface area contributed by atoms with Crippen LogP contribution in [0.2, 0.25) is 0 Å². The number of thiocarbonyl (C=S) groups is 3. The van der Waals surface area contributed by atoms with Crippen molar-refractivity contribution in [3.63, 3.8) is 0 Å². The van der Waals surface area contributed by atoms with E-state index in [4.69, 9.17) is 4.21 Å². The van der Waals surface area contributed by atoms with E-state index in [1.807, 2.05) is 4.31 Å². The summed E-state index contributed by atoms with van der Waals surface area (Å²) in [4.78, 5) is 0. The van der Waals surface area contributed by atoms with E-state index in [2.05, 4.69) is 60.7 Å². The third-order valence-corrected chi connectivity index (χ3v) is 0. The van der Waals surface area contributed by atoms with E-state index in [1.165, 1.54) is 0 Å². The minimum absolute atomic E-state index is 0.000000000000000222. The monoisotopic (exact) mass is 200 g/mol. The molecule has 0 aliphatic carbocycles. The largest absolute Gasteiger partial charge is 0.377 e. The lowest BCUT2D eigenvalue weighted by Gasteiger charge is -1.68. The molecule has 0 radical (unpaired) electrons. The first kappa shape index (κ1) is 16.0. The Labute approximate surface area is 74.3 Å². The topological polar surface area (TPSA) is 69.1 Å². The third kappa shape index (κ3) is 56900. The first-order valence-electron chi connectivity index (χ1n) is 1.36. The van der Waals surface area contributed by atoms with E-state index in [0.717, 1.165) is 0 Å². The lowest BCUT2D eigenvalue weighted by Crippen LogP contribution is -2.18. The Bertz CT molecular complexity index is 94.7. The summed E-state index contributed by atoms with van der Waals surface area (Å²) >= 11 is 14.8. The second-order valence-electron chi connectivity index (χ2n) is 0.486. The van der Waals surface area contributed by atoms with Crippen LogP contribution in [-0.2, 0) is 12.5 Å². The van der Waals surface area contributed by atoms with Gasteiger partial charge in [0.1, 0.15) is 0 Å². The van der Waals surface area contributed by atoms with Gasteiger partial charge in [0, 0.05) is 4.31 Å². The molecule has 0 bridgehead atoms. The Morgan fingerprint density at radius 2 is 1.22 bits per heavy atom. The van der Waals surface area contributed by atoms with Crippen LogP contribution in [0.25, 0.3) is 0 Å². The van der Waals surface area contributed by atoms with Crippen LogP contribution >= 0.6 is 36.7 Å². The van der Waals surface area contributed by atoms with Crippen molar-refractivity contribution in [2.45, 2.75) is 0 Å². The minimum Gasteiger partial charge on any atom is -0.377 e. The zero-order valence-corrected chi connectivity index (χ0v) is 7.46. The lowest BCUT2D eigenvalue weighted by atomic mass is 11.3. The highest BCUT2D eigenvalue weighted by atomic mass is 32.1.